The van der Waals surface area contributed by atoms with Gasteiger partial charge >= 0.3 is 0 Å². The number of amides is 1. The molecule has 0 bridgehead atoms. The average molecular weight is 343 g/mol. The van der Waals surface area contributed by atoms with E-state index in [1.54, 1.807) is 20.3 Å². The van der Waals surface area contributed by atoms with Gasteiger partial charge in [0.15, 0.2) is 0 Å². The maximum absolute atomic E-state index is 12.7. The molecule has 20 heavy (non-hydrogen) atoms. The van der Waals surface area contributed by atoms with E-state index in [2.05, 4.69) is 27.9 Å². The molecular formula is C14H19BrN2O3. The molecule has 0 atom stereocenters. The summed E-state index contributed by atoms with van der Waals surface area (Å²) in [5, 5.41) is 0. The normalized spacial score (nSPS) is 16.1. The number of piperazine rings is 1. The molecule has 1 saturated heterocycles. The van der Waals surface area contributed by atoms with Crippen molar-refractivity contribution < 1.29 is 14.3 Å². The van der Waals surface area contributed by atoms with E-state index in [4.69, 9.17) is 9.47 Å². The number of likely N-dealkylation sites (N-methyl/N-ethyl adjacent to an activating group) is 1. The number of benzene rings is 1. The SMILES string of the molecule is COc1ccc(Br)c(OC)c1C(=O)N1CCN(C)CC1. The molecule has 110 valence electrons. The minimum absolute atomic E-state index is 0.0481. The molecule has 1 aliphatic rings. The maximum atomic E-state index is 12.7. The summed E-state index contributed by atoms with van der Waals surface area (Å²) in [5.41, 5.74) is 0.480. The number of hydrogen-bond donors (Lipinski definition) is 0. The monoisotopic (exact) mass is 342 g/mol. The van der Waals surface area contributed by atoms with E-state index in [-0.39, 0.29) is 5.91 Å². The highest BCUT2D eigenvalue weighted by molar-refractivity contribution is 9.10. The number of carbonyl (C=O) groups excluding carboxylic acids is 1. The lowest BCUT2D eigenvalue weighted by molar-refractivity contribution is 0.0657. The van der Waals surface area contributed by atoms with Crippen LogP contribution in [0.25, 0.3) is 0 Å². The first-order chi connectivity index (χ1) is 9.58. The van der Waals surface area contributed by atoms with E-state index in [0.29, 0.717) is 30.2 Å². The van der Waals surface area contributed by atoms with Crippen LogP contribution in [0.2, 0.25) is 0 Å². The van der Waals surface area contributed by atoms with Crippen molar-refractivity contribution in [3.63, 3.8) is 0 Å². The largest absolute Gasteiger partial charge is 0.496 e. The van der Waals surface area contributed by atoms with Gasteiger partial charge in [-0.15, -0.1) is 0 Å². The van der Waals surface area contributed by atoms with Crippen LogP contribution in [0.4, 0.5) is 0 Å². The summed E-state index contributed by atoms with van der Waals surface area (Å²) in [7, 11) is 5.17. The molecule has 1 aromatic carbocycles. The van der Waals surface area contributed by atoms with Gasteiger partial charge in [0.05, 0.1) is 18.7 Å². The van der Waals surface area contributed by atoms with Gasteiger partial charge in [-0.25, -0.2) is 0 Å². The molecule has 0 N–H and O–H groups in total. The zero-order valence-electron chi connectivity index (χ0n) is 12.0. The molecule has 5 nitrogen and oxygen atoms in total. The van der Waals surface area contributed by atoms with Crippen molar-refractivity contribution in [3.8, 4) is 11.5 Å². The second-order valence-electron chi connectivity index (χ2n) is 4.75. The Labute approximate surface area is 127 Å². The zero-order valence-corrected chi connectivity index (χ0v) is 13.6. The van der Waals surface area contributed by atoms with Crippen molar-refractivity contribution >= 4 is 21.8 Å². The Morgan fingerprint density at radius 1 is 1.15 bits per heavy atom. The Morgan fingerprint density at radius 2 is 1.80 bits per heavy atom. The van der Waals surface area contributed by atoms with Gasteiger partial charge in [-0.3, -0.25) is 4.79 Å². The first kappa shape index (κ1) is 15.1. The van der Waals surface area contributed by atoms with Crippen molar-refractivity contribution in [1.82, 2.24) is 9.80 Å². The molecule has 0 unspecified atom stereocenters. The van der Waals surface area contributed by atoms with Gasteiger partial charge in [0.1, 0.15) is 17.1 Å². The maximum Gasteiger partial charge on any atom is 0.261 e. The summed E-state index contributed by atoms with van der Waals surface area (Å²) < 4.78 is 11.4. The smallest absolute Gasteiger partial charge is 0.261 e. The standard InChI is InChI=1S/C14H19BrN2O3/c1-16-6-8-17(9-7-16)14(18)12-11(19-2)5-4-10(15)13(12)20-3/h4-5H,6-9H2,1-3H3. The van der Waals surface area contributed by atoms with E-state index in [1.165, 1.54) is 0 Å². The van der Waals surface area contributed by atoms with Crippen LogP contribution >= 0.6 is 15.9 Å². The molecule has 0 aromatic heterocycles. The lowest BCUT2D eigenvalue weighted by atomic mass is 10.1. The minimum atomic E-state index is -0.0481. The highest BCUT2D eigenvalue weighted by Crippen LogP contribution is 2.36. The predicted octanol–water partition coefficient (Wildman–Crippen LogP) is 1.85. The first-order valence-corrected chi connectivity index (χ1v) is 7.26. The number of ether oxygens (including phenoxy) is 2. The molecular weight excluding hydrogens is 324 g/mol. The van der Waals surface area contributed by atoms with Gasteiger partial charge < -0.3 is 19.3 Å². The Hall–Kier alpha value is -1.27. The van der Waals surface area contributed by atoms with Crippen LogP contribution in [0, 0.1) is 0 Å². The molecule has 1 amide bonds. The van der Waals surface area contributed by atoms with Gasteiger partial charge in [-0.1, -0.05) is 0 Å². The van der Waals surface area contributed by atoms with Crippen molar-refractivity contribution in [2.24, 2.45) is 0 Å². The number of methoxy groups -OCH3 is 2. The molecule has 0 spiro atoms. The van der Waals surface area contributed by atoms with Crippen molar-refractivity contribution in [2.75, 3.05) is 47.4 Å². The number of halogens is 1. The van der Waals surface area contributed by atoms with Crippen molar-refractivity contribution in [2.45, 2.75) is 0 Å². The second kappa shape index (κ2) is 6.45. The summed E-state index contributed by atoms with van der Waals surface area (Å²) in [5.74, 6) is 1.01. The number of nitrogens with zero attached hydrogens (tertiary/aromatic N) is 2. The van der Waals surface area contributed by atoms with Gasteiger partial charge in [-0.2, -0.15) is 0 Å². The summed E-state index contributed by atoms with van der Waals surface area (Å²) in [4.78, 5) is 16.8. The van der Waals surface area contributed by atoms with Crippen LogP contribution in [0.5, 0.6) is 11.5 Å². The van der Waals surface area contributed by atoms with Crippen LogP contribution < -0.4 is 9.47 Å². The fourth-order valence-electron chi connectivity index (χ4n) is 2.28. The Balaban J connectivity index is 2.35. The topological polar surface area (TPSA) is 42.0 Å². The van der Waals surface area contributed by atoms with E-state index in [9.17, 15) is 4.79 Å². The molecule has 2 rings (SSSR count). The molecule has 1 fully saturated rings. The fraction of sp³-hybridized carbons (Fsp3) is 0.500. The van der Waals surface area contributed by atoms with Gasteiger partial charge in [0.2, 0.25) is 0 Å². The minimum Gasteiger partial charge on any atom is -0.496 e. The molecule has 1 aromatic rings. The predicted molar refractivity (Wildman–Crippen MR) is 80.6 cm³/mol. The van der Waals surface area contributed by atoms with Crippen molar-refractivity contribution in [3.05, 3.63) is 22.2 Å². The first-order valence-electron chi connectivity index (χ1n) is 6.46. The average Bonchev–Trinajstić information content (AvgIpc) is 2.47. The van der Waals surface area contributed by atoms with Gasteiger partial charge in [0, 0.05) is 26.2 Å². The lowest BCUT2D eigenvalue weighted by Crippen LogP contribution is -2.47. The third kappa shape index (κ3) is 2.91. The Morgan fingerprint density at radius 3 is 2.35 bits per heavy atom. The molecule has 1 heterocycles. The molecule has 0 radical (unpaired) electrons. The third-order valence-electron chi connectivity index (χ3n) is 3.50. The number of carbonyl (C=O) groups is 1. The highest BCUT2D eigenvalue weighted by atomic mass is 79.9. The third-order valence-corrected chi connectivity index (χ3v) is 4.12. The summed E-state index contributed by atoms with van der Waals surface area (Å²) in [6.07, 6.45) is 0. The van der Waals surface area contributed by atoms with E-state index in [1.807, 2.05) is 11.0 Å². The second-order valence-corrected chi connectivity index (χ2v) is 5.61. The van der Waals surface area contributed by atoms with Gasteiger partial charge in [-0.05, 0) is 35.1 Å². The van der Waals surface area contributed by atoms with Crippen LogP contribution in [0.3, 0.4) is 0 Å². The van der Waals surface area contributed by atoms with Crippen LogP contribution in [0.1, 0.15) is 10.4 Å². The van der Waals surface area contributed by atoms with Crippen LogP contribution in [-0.2, 0) is 0 Å². The van der Waals surface area contributed by atoms with E-state index in [0.717, 1.165) is 17.6 Å². The summed E-state index contributed by atoms with van der Waals surface area (Å²) in [6.45, 7) is 3.19. The van der Waals surface area contributed by atoms with E-state index < -0.39 is 0 Å². The van der Waals surface area contributed by atoms with Crippen molar-refractivity contribution in [1.29, 1.82) is 0 Å². The van der Waals surface area contributed by atoms with Gasteiger partial charge in [0.25, 0.3) is 5.91 Å². The zero-order chi connectivity index (χ0) is 14.7. The number of hydrogen-bond acceptors (Lipinski definition) is 4. The summed E-state index contributed by atoms with van der Waals surface area (Å²) >= 11 is 3.41. The fourth-order valence-corrected chi connectivity index (χ4v) is 2.77. The molecule has 6 heteroatoms. The van der Waals surface area contributed by atoms with Crippen LogP contribution in [-0.4, -0.2) is 63.2 Å². The van der Waals surface area contributed by atoms with Crippen LogP contribution in [0.15, 0.2) is 16.6 Å². The summed E-state index contributed by atoms with van der Waals surface area (Å²) in [6, 6.07) is 3.59. The highest BCUT2D eigenvalue weighted by Gasteiger charge is 2.27. The quantitative estimate of drug-likeness (QED) is 0.840. The Bertz CT molecular complexity index is 499. The lowest BCUT2D eigenvalue weighted by Gasteiger charge is -2.33. The number of rotatable bonds is 3. The molecule has 1 aliphatic heterocycles. The molecule has 0 aliphatic carbocycles. The molecule has 0 saturated carbocycles. The Kier molecular flexibility index (Phi) is 4.88. The van der Waals surface area contributed by atoms with E-state index >= 15 is 0 Å².